The lowest BCUT2D eigenvalue weighted by atomic mass is 10.2. The van der Waals surface area contributed by atoms with Crippen molar-refractivity contribution in [1.82, 2.24) is 24.9 Å². The third-order valence-electron chi connectivity index (χ3n) is 4.72. The van der Waals surface area contributed by atoms with E-state index in [4.69, 9.17) is 4.74 Å². The Morgan fingerprint density at radius 1 is 1.00 bits per heavy atom. The van der Waals surface area contributed by atoms with E-state index in [2.05, 4.69) is 20.2 Å². The van der Waals surface area contributed by atoms with Crippen LogP contribution in [0.5, 0.6) is 5.75 Å². The molecule has 1 aromatic carbocycles. The number of aryl methyl sites for hydroxylation is 1. The predicted molar refractivity (Wildman–Crippen MR) is 105 cm³/mol. The molecule has 0 unspecified atom stereocenters. The van der Waals surface area contributed by atoms with Crippen LogP contribution in [0.2, 0.25) is 0 Å². The number of carbonyl (C=O) groups excluding carboxylic acids is 1. The van der Waals surface area contributed by atoms with Gasteiger partial charge in [0.25, 0.3) is 5.91 Å². The maximum Gasteiger partial charge on any atom is 0.260 e. The summed E-state index contributed by atoms with van der Waals surface area (Å²) in [6.45, 7) is 4.78. The molecule has 1 amide bonds. The summed E-state index contributed by atoms with van der Waals surface area (Å²) >= 11 is 0. The van der Waals surface area contributed by atoms with Gasteiger partial charge in [0.2, 0.25) is 0 Å². The molecule has 0 radical (unpaired) electrons. The van der Waals surface area contributed by atoms with Gasteiger partial charge in [0, 0.05) is 38.6 Å². The van der Waals surface area contributed by atoms with Gasteiger partial charge in [-0.2, -0.15) is 5.10 Å². The fourth-order valence-electron chi connectivity index (χ4n) is 3.07. The lowest BCUT2D eigenvalue weighted by molar-refractivity contribution is -0.133. The summed E-state index contributed by atoms with van der Waals surface area (Å²) < 4.78 is 7.27. The van der Waals surface area contributed by atoms with Gasteiger partial charge in [0.15, 0.2) is 18.2 Å². The number of benzene rings is 1. The monoisotopic (exact) mass is 378 g/mol. The average molecular weight is 378 g/mol. The Kier molecular flexibility index (Phi) is 5.18. The fraction of sp³-hybridized carbons (Fsp3) is 0.300. The molecule has 8 heteroatoms. The number of nitrogens with zero attached hydrogens (tertiary/aromatic N) is 6. The minimum atomic E-state index is 0.000314. The van der Waals surface area contributed by atoms with Gasteiger partial charge in [-0.15, -0.1) is 10.2 Å². The number of piperazine rings is 1. The summed E-state index contributed by atoms with van der Waals surface area (Å²) in [5, 5.41) is 12.7. The van der Waals surface area contributed by atoms with Crippen LogP contribution in [0.4, 0.5) is 5.82 Å². The number of ether oxygens (including phenoxy) is 1. The van der Waals surface area contributed by atoms with Gasteiger partial charge in [-0.3, -0.25) is 4.79 Å². The van der Waals surface area contributed by atoms with Crippen molar-refractivity contribution < 1.29 is 9.53 Å². The van der Waals surface area contributed by atoms with E-state index in [1.807, 2.05) is 60.5 Å². The van der Waals surface area contributed by atoms with Crippen LogP contribution >= 0.6 is 0 Å². The first-order valence-corrected chi connectivity index (χ1v) is 9.25. The van der Waals surface area contributed by atoms with Gasteiger partial charge in [0.1, 0.15) is 5.75 Å². The standard InChI is InChI=1S/C20H22N6O2/c1-16-3-5-17(6-4-16)28-15-20(27)25-13-11-24(12-14-25)18-7-8-19(23-22-18)26-10-2-9-21-26/h2-10H,11-15H2,1H3. The molecule has 0 N–H and O–H groups in total. The number of anilines is 1. The molecule has 1 aliphatic heterocycles. The SMILES string of the molecule is Cc1ccc(OCC(=O)N2CCN(c3ccc(-n4cccn4)nn3)CC2)cc1. The van der Waals surface area contributed by atoms with Gasteiger partial charge in [-0.05, 0) is 37.3 Å². The van der Waals surface area contributed by atoms with Gasteiger partial charge < -0.3 is 14.5 Å². The molecule has 1 aliphatic rings. The highest BCUT2D eigenvalue weighted by molar-refractivity contribution is 5.78. The Bertz CT molecular complexity index is 901. The van der Waals surface area contributed by atoms with Crippen LogP contribution < -0.4 is 9.64 Å². The lowest BCUT2D eigenvalue weighted by Gasteiger charge is -2.35. The van der Waals surface area contributed by atoms with Crippen molar-refractivity contribution in [2.45, 2.75) is 6.92 Å². The first-order chi connectivity index (χ1) is 13.7. The smallest absolute Gasteiger partial charge is 0.260 e. The van der Waals surface area contributed by atoms with Crippen LogP contribution in [0.15, 0.2) is 54.9 Å². The molecule has 1 fully saturated rings. The second-order valence-corrected chi connectivity index (χ2v) is 6.67. The second kappa shape index (κ2) is 8.08. The van der Waals surface area contributed by atoms with E-state index in [1.165, 1.54) is 0 Å². The quantitative estimate of drug-likeness (QED) is 0.673. The fourth-order valence-corrected chi connectivity index (χ4v) is 3.07. The molecule has 28 heavy (non-hydrogen) atoms. The van der Waals surface area contributed by atoms with Crippen LogP contribution in [0, 0.1) is 6.92 Å². The van der Waals surface area contributed by atoms with Gasteiger partial charge in [-0.25, -0.2) is 4.68 Å². The van der Waals surface area contributed by atoms with Crippen LogP contribution in [0.1, 0.15) is 5.56 Å². The van der Waals surface area contributed by atoms with Crippen molar-refractivity contribution in [3.05, 3.63) is 60.4 Å². The van der Waals surface area contributed by atoms with E-state index >= 15 is 0 Å². The zero-order valence-electron chi connectivity index (χ0n) is 15.7. The molecular weight excluding hydrogens is 356 g/mol. The normalized spacial score (nSPS) is 14.2. The number of hydrogen-bond acceptors (Lipinski definition) is 6. The first-order valence-electron chi connectivity index (χ1n) is 9.25. The second-order valence-electron chi connectivity index (χ2n) is 6.67. The largest absolute Gasteiger partial charge is 0.484 e. The molecule has 0 bridgehead atoms. The molecule has 0 spiro atoms. The molecule has 3 heterocycles. The molecule has 1 saturated heterocycles. The Hall–Kier alpha value is -3.42. The van der Waals surface area contributed by atoms with E-state index in [-0.39, 0.29) is 12.5 Å². The topological polar surface area (TPSA) is 76.4 Å². The molecule has 0 aliphatic carbocycles. The number of aromatic nitrogens is 4. The molecule has 144 valence electrons. The van der Waals surface area contributed by atoms with Crippen LogP contribution in [0.3, 0.4) is 0 Å². The number of rotatable bonds is 5. The van der Waals surface area contributed by atoms with Gasteiger partial charge >= 0.3 is 0 Å². The summed E-state index contributed by atoms with van der Waals surface area (Å²) in [6, 6.07) is 13.4. The number of amides is 1. The minimum absolute atomic E-state index is 0.000314. The highest BCUT2D eigenvalue weighted by Gasteiger charge is 2.22. The molecular formula is C20H22N6O2. The predicted octanol–water partition coefficient (Wildman–Crippen LogP) is 1.70. The van der Waals surface area contributed by atoms with E-state index in [0.717, 1.165) is 11.4 Å². The molecule has 0 atom stereocenters. The van der Waals surface area contributed by atoms with E-state index < -0.39 is 0 Å². The Morgan fingerprint density at radius 2 is 1.71 bits per heavy atom. The summed E-state index contributed by atoms with van der Waals surface area (Å²) in [4.78, 5) is 16.4. The molecule has 4 rings (SSSR count). The van der Waals surface area contributed by atoms with Gasteiger partial charge in [-0.1, -0.05) is 17.7 Å². The maximum atomic E-state index is 12.4. The van der Waals surface area contributed by atoms with Crippen molar-refractivity contribution in [2.24, 2.45) is 0 Å². The van der Waals surface area contributed by atoms with E-state index in [1.54, 1.807) is 10.9 Å². The lowest BCUT2D eigenvalue weighted by Crippen LogP contribution is -2.50. The van der Waals surface area contributed by atoms with Crippen molar-refractivity contribution in [1.29, 1.82) is 0 Å². The molecule has 2 aromatic heterocycles. The molecule has 8 nitrogen and oxygen atoms in total. The van der Waals surface area contributed by atoms with Crippen molar-refractivity contribution in [2.75, 3.05) is 37.7 Å². The zero-order chi connectivity index (χ0) is 19.3. The summed E-state index contributed by atoms with van der Waals surface area (Å²) in [5.41, 5.74) is 1.16. The first kappa shape index (κ1) is 18.0. The number of carbonyl (C=O) groups is 1. The highest BCUT2D eigenvalue weighted by atomic mass is 16.5. The Balaban J connectivity index is 1.28. The molecule has 3 aromatic rings. The van der Waals surface area contributed by atoms with Crippen LogP contribution in [-0.2, 0) is 4.79 Å². The summed E-state index contributed by atoms with van der Waals surface area (Å²) in [7, 11) is 0. The Morgan fingerprint density at radius 3 is 2.36 bits per heavy atom. The van der Waals surface area contributed by atoms with Gasteiger partial charge in [0.05, 0.1) is 0 Å². The highest BCUT2D eigenvalue weighted by Crippen LogP contribution is 2.15. The zero-order valence-corrected chi connectivity index (χ0v) is 15.7. The van der Waals surface area contributed by atoms with Crippen LogP contribution in [-0.4, -0.2) is 63.6 Å². The maximum absolute atomic E-state index is 12.4. The van der Waals surface area contributed by atoms with E-state index in [0.29, 0.717) is 37.7 Å². The number of hydrogen-bond donors (Lipinski definition) is 0. The van der Waals surface area contributed by atoms with Crippen molar-refractivity contribution in [3.63, 3.8) is 0 Å². The van der Waals surface area contributed by atoms with Crippen LogP contribution in [0.25, 0.3) is 5.82 Å². The minimum Gasteiger partial charge on any atom is -0.484 e. The summed E-state index contributed by atoms with van der Waals surface area (Å²) in [5.74, 6) is 2.19. The summed E-state index contributed by atoms with van der Waals surface area (Å²) in [6.07, 6.45) is 3.53. The van der Waals surface area contributed by atoms with Crippen molar-refractivity contribution >= 4 is 11.7 Å². The van der Waals surface area contributed by atoms with Crippen molar-refractivity contribution in [3.8, 4) is 11.6 Å². The third kappa shape index (κ3) is 4.11. The Labute approximate surface area is 163 Å². The van der Waals surface area contributed by atoms with E-state index in [9.17, 15) is 4.79 Å². The molecule has 0 saturated carbocycles. The third-order valence-corrected chi connectivity index (χ3v) is 4.72. The average Bonchev–Trinajstić information content (AvgIpc) is 3.28.